The van der Waals surface area contributed by atoms with Gasteiger partial charge in [-0.25, -0.2) is 5.43 Å². The molecule has 0 aromatic rings. The van der Waals surface area contributed by atoms with Gasteiger partial charge in [0.05, 0.1) is 0 Å². The Labute approximate surface area is 77.1 Å². The van der Waals surface area contributed by atoms with Crippen LogP contribution in [0.2, 0.25) is 0 Å². The highest BCUT2D eigenvalue weighted by molar-refractivity contribution is 5.73. The summed E-state index contributed by atoms with van der Waals surface area (Å²) in [6, 6.07) is -0.669. The van der Waals surface area contributed by atoms with Crippen molar-refractivity contribution in [3.8, 4) is 0 Å². The van der Waals surface area contributed by atoms with Gasteiger partial charge in [0.25, 0.3) is 0 Å². The molecule has 4 heteroatoms. The summed E-state index contributed by atoms with van der Waals surface area (Å²) < 4.78 is 0. The first-order chi connectivity index (χ1) is 6.24. The molecule has 0 saturated carbocycles. The Morgan fingerprint density at radius 1 is 1.69 bits per heavy atom. The van der Waals surface area contributed by atoms with Crippen LogP contribution in [0, 0.1) is 0 Å². The molecule has 72 valence electrons. The second-order valence-electron chi connectivity index (χ2n) is 3.04. The number of nitrogens with one attached hydrogen (secondary N) is 1. The molecule has 0 spiro atoms. The van der Waals surface area contributed by atoms with Crippen LogP contribution in [-0.2, 0) is 4.79 Å². The van der Waals surface area contributed by atoms with Crippen molar-refractivity contribution in [3.63, 3.8) is 0 Å². The molecule has 1 rings (SSSR count). The van der Waals surface area contributed by atoms with Crippen molar-refractivity contribution in [2.45, 2.75) is 25.3 Å². The van der Waals surface area contributed by atoms with E-state index < -0.39 is 12.0 Å². The van der Waals surface area contributed by atoms with Gasteiger partial charge in [0.15, 0.2) is 0 Å². The van der Waals surface area contributed by atoms with Crippen LogP contribution in [0.3, 0.4) is 0 Å². The van der Waals surface area contributed by atoms with Crippen molar-refractivity contribution in [2.24, 2.45) is 5.84 Å². The zero-order valence-corrected chi connectivity index (χ0v) is 7.36. The maximum Gasteiger partial charge on any atom is 0.322 e. The van der Waals surface area contributed by atoms with E-state index in [4.69, 9.17) is 10.9 Å². The molecule has 0 heterocycles. The lowest BCUT2D eigenvalue weighted by molar-refractivity contribution is -0.139. The average Bonchev–Trinajstić information content (AvgIpc) is 2.15. The second-order valence-corrected chi connectivity index (χ2v) is 3.04. The van der Waals surface area contributed by atoms with Crippen LogP contribution in [0.4, 0.5) is 0 Å². The molecule has 0 bridgehead atoms. The number of rotatable bonds is 4. The monoisotopic (exact) mass is 182 g/mol. The van der Waals surface area contributed by atoms with Crippen molar-refractivity contribution >= 4 is 5.97 Å². The topological polar surface area (TPSA) is 75.3 Å². The van der Waals surface area contributed by atoms with E-state index in [1.807, 2.05) is 12.2 Å². The highest BCUT2D eigenvalue weighted by Crippen LogP contribution is 2.16. The third-order valence-corrected chi connectivity index (χ3v) is 2.05. The van der Waals surface area contributed by atoms with Crippen molar-refractivity contribution in [1.82, 2.24) is 5.43 Å². The van der Waals surface area contributed by atoms with E-state index in [-0.39, 0.29) is 0 Å². The number of allylic oxidation sites excluding steroid dienone is 3. The Hall–Kier alpha value is -1.13. The number of carboxylic acids is 1. The molecule has 0 fully saturated rings. The van der Waals surface area contributed by atoms with Gasteiger partial charge in [-0.2, -0.15) is 0 Å². The quantitative estimate of drug-likeness (QED) is 0.337. The van der Waals surface area contributed by atoms with Crippen molar-refractivity contribution in [2.75, 3.05) is 0 Å². The van der Waals surface area contributed by atoms with Gasteiger partial charge in [-0.3, -0.25) is 10.6 Å². The largest absolute Gasteiger partial charge is 0.480 e. The smallest absolute Gasteiger partial charge is 0.322 e. The van der Waals surface area contributed by atoms with Crippen molar-refractivity contribution in [3.05, 3.63) is 23.8 Å². The van der Waals surface area contributed by atoms with Crippen LogP contribution in [0.1, 0.15) is 19.3 Å². The molecule has 13 heavy (non-hydrogen) atoms. The van der Waals surface area contributed by atoms with Crippen LogP contribution >= 0.6 is 0 Å². The Morgan fingerprint density at radius 3 is 2.92 bits per heavy atom. The third kappa shape index (κ3) is 3.01. The van der Waals surface area contributed by atoms with Gasteiger partial charge in [0.2, 0.25) is 0 Å². The fraction of sp³-hybridized carbons (Fsp3) is 0.444. The Morgan fingerprint density at radius 2 is 2.46 bits per heavy atom. The number of hydrogen-bond acceptors (Lipinski definition) is 3. The molecule has 1 unspecified atom stereocenters. The van der Waals surface area contributed by atoms with E-state index in [2.05, 4.69) is 11.5 Å². The summed E-state index contributed by atoms with van der Waals surface area (Å²) in [6.45, 7) is 0. The Kier molecular flexibility index (Phi) is 3.67. The molecule has 1 aliphatic carbocycles. The number of carboxylic acid groups (broad SMARTS) is 1. The van der Waals surface area contributed by atoms with Crippen LogP contribution in [-0.4, -0.2) is 17.1 Å². The minimum absolute atomic E-state index is 0.482. The molecule has 4 N–H and O–H groups in total. The van der Waals surface area contributed by atoms with E-state index in [1.54, 1.807) is 0 Å². The van der Waals surface area contributed by atoms with E-state index in [0.29, 0.717) is 6.42 Å². The van der Waals surface area contributed by atoms with Gasteiger partial charge in [-0.1, -0.05) is 23.8 Å². The zero-order valence-electron chi connectivity index (χ0n) is 7.36. The molecule has 0 saturated heterocycles. The van der Waals surface area contributed by atoms with Gasteiger partial charge in [0, 0.05) is 0 Å². The van der Waals surface area contributed by atoms with E-state index in [0.717, 1.165) is 18.4 Å². The Bertz CT molecular complexity index is 246. The van der Waals surface area contributed by atoms with Crippen LogP contribution in [0.25, 0.3) is 0 Å². The van der Waals surface area contributed by atoms with Crippen LogP contribution in [0.15, 0.2) is 23.8 Å². The van der Waals surface area contributed by atoms with Gasteiger partial charge >= 0.3 is 5.97 Å². The summed E-state index contributed by atoms with van der Waals surface area (Å²) in [6.07, 6.45) is 8.38. The molecule has 0 aromatic carbocycles. The summed E-state index contributed by atoms with van der Waals surface area (Å²) in [5.74, 6) is 4.21. The SMILES string of the molecule is NNC(CC1=CCC=CC1)C(=O)O. The summed E-state index contributed by atoms with van der Waals surface area (Å²) in [7, 11) is 0. The molecule has 1 atom stereocenters. The predicted molar refractivity (Wildman–Crippen MR) is 49.8 cm³/mol. The molecular weight excluding hydrogens is 168 g/mol. The molecular formula is C9H14N2O2. The molecule has 0 radical (unpaired) electrons. The molecule has 0 aromatic heterocycles. The summed E-state index contributed by atoms with van der Waals surface area (Å²) in [4.78, 5) is 10.6. The highest BCUT2D eigenvalue weighted by atomic mass is 16.4. The van der Waals surface area contributed by atoms with E-state index in [9.17, 15) is 4.79 Å². The number of nitrogens with two attached hydrogens (primary N) is 1. The summed E-state index contributed by atoms with van der Waals surface area (Å²) in [5.41, 5.74) is 3.42. The Balaban J connectivity index is 2.46. The van der Waals surface area contributed by atoms with Gasteiger partial charge in [0.1, 0.15) is 6.04 Å². The van der Waals surface area contributed by atoms with Gasteiger partial charge in [-0.05, 0) is 19.3 Å². The maximum absolute atomic E-state index is 10.6. The lowest BCUT2D eigenvalue weighted by Gasteiger charge is -2.14. The predicted octanol–water partition coefficient (Wildman–Crippen LogP) is 0.569. The minimum atomic E-state index is -0.905. The van der Waals surface area contributed by atoms with Crippen LogP contribution < -0.4 is 11.3 Å². The number of hydrazine groups is 1. The first-order valence-corrected chi connectivity index (χ1v) is 4.26. The fourth-order valence-electron chi connectivity index (χ4n) is 1.30. The fourth-order valence-corrected chi connectivity index (χ4v) is 1.30. The van der Waals surface area contributed by atoms with E-state index >= 15 is 0 Å². The number of carbonyl (C=O) groups is 1. The zero-order chi connectivity index (χ0) is 9.68. The summed E-state index contributed by atoms with van der Waals surface area (Å²) >= 11 is 0. The first-order valence-electron chi connectivity index (χ1n) is 4.26. The standard InChI is InChI=1S/C9H14N2O2/c10-11-8(9(12)13)6-7-4-2-1-3-5-7/h1-2,5,8,11H,3-4,6,10H2,(H,12,13). The lowest BCUT2D eigenvalue weighted by Crippen LogP contribution is -2.41. The highest BCUT2D eigenvalue weighted by Gasteiger charge is 2.16. The van der Waals surface area contributed by atoms with E-state index in [1.165, 1.54) is 0 Å². The molecule has 1 aliphatic rings. The lowest BCUT2D eigenvalue weighted by atomic mass is 9.99. The molecule has 0 amide bonds. The average molecular weight is 182 g/mol. The third-order valence-electron chi connectivity index (χ3n) is 2.05. The minimum Gasteiger partial charge on any atom is -0.480 e. The first kappa shape index (κ1) is 9.95. The van der Waals surface area contributed by atoms with Crippen LogP contribution in [0.5, 0.6) is 0 Å². The van der Waals surface area contributed by atoms with Gasteiger partial charge < -0.3 is 5.11 Å². The van der Waals surface area contributed by atoms with Crippen molar-refractivity contribution in [1.29, 1.82) is 0 Å². The second kappa shape index (κ2) is 4.79. The summed E-state index contributed by atoms with van der Waals surface area (Å²) in [5, 5.41) is 8.72. The molecule has 4 nitrogen and oxygen atoms in total. The number of aliphatic carboxylic acids is 1. The van der Waals surface area contributed by atoms with Crippen molar-refractivity contribution < 1.29 is 9.90 Å². The maximum atomic E-state index is 10.6. The molecule has 0 aliphatic heterocycles. The number of hydrogen-bond donors (Lipinski definition) is 3. The van der Waals surface area contributed by atoms with Gasteiger partial charge in [-0.15, -0.1) is 0 Å². The normalized spacial score (nSPS) is 18.1.